The van der Waals surface area contributed by atoms with E-state index in [4.69, 9.17) is 4.74 Å². The number of morpholine rings is 1. The summed E-state index contributed by atoms with van der Waals surface area (Å²) in [5, 5.41) is 5.48. The summed E-state index contributed by atoms with van der Waals surface area (Å²) in [4.78, 5) is 24.5. The van der Waals surface area contributed by atoms with Crippen LogP contribution in [0.25, 0.3) is 0 Å². The Balaban J connectivity index is 1.91. The molecule has 102 valence electrons. The number of anilines is 2. The lowest BCUT2D eigenvalue weighted by molar-refractivity contribution is -0.114. The van der Waals surface area contributed by atoms with Crippen molar-refractivity contribution in [1.82, 2.24) is 4.90 Å². The molecule has 19 heavy (non-hydrogen) atoms. The van der Waals surface area contributed by atoms with Crippen LogP contribution in [0.2, 0.25) is 0 Å². The normalized spacial score (nSPS) is 14.9. The first-order chi connectivity index (χ1) is 9.15. The number of nitrogens with one attached hydrogen (secondary N) is 2. The van der Waals surface area contributed by atoms with Gasteiger partial charge < -0.3 is 20.3 Å². The lowest BCUT2D eigenvalue weighted by atomic mass is 10.3. The fourth-order valence-corrected chi connectivity index (χ4v) is 1.81. The molecule has 1 fully saturated rings. The van der Waals surface area contributed by atoms with Gasteiger partial charge in [0.15, 0.2) is 0 Å². The van der Waals surface area contributed by atoms with Crippen LogP contribution >= 0.6 is 0 Å². The second kappa shape index (κ2) is 6.19. The van der Waals surface area contributed by atoms with Gasteiger partial charge in [-0.1, -0.05) is 0 Å². The molecule has 1 saturated heterocycles. The Morgan fingerprint density at radius 3 is 2.11 bits per heavy atom. The van der Waals surface area contributed by atoms with Crippen LogP contribution in [0, 0.1) is 0 Å². The van der Waals surface area contributed by atoms with Crippen LogP contribution in [0.3, 0.4) is 0 Å². The molecule has 2 rings (SSSR count). The molecule has 2 N–H and O–H groups in total. The smallest absolute Gasteiger partial charge is 0.321 e. The van der Waals surface area contributed by atoms with E-state index in [2.05, 4.69) is 10.6 Å². The SMILES string of the molecule is CC(=O)Nc1ccc(NC(=O)N2CCOCC2)cc1. The summed E-state index contributed by atoms with van der Waals surface area (Å²) in [5.74, 6) is -0.120. The van der Waals surface area contributed by atoms with Crippen molar-refractivity contribution >= 4 is 23.3 Å². The molecule has 0 spiro atoms. The van der Waals surface area contributed by atoms with Crippen molar-refractivity contribution in [1.29, 1.82) is 0 Å². The standard InChI is InChI=1S/C13H17N3O3/c1-10(17)14-11-2-4-12(5-3-11)15-13(18)16-6-8-19-9-7-16/h2-5H,6-9H2,1H3,(H,14,17)(H,15,18). The zero-order valence-corrected chi connectivity index (χ0v) is 10.8. The first-order valence-electron chi connectivity index (χ1n) is 6.16. The Hall–Kier alpha value is -2.08. The second-order valence-electron chi connectivity index (χ2n) is 4.29. The minimum atomic E-state index is -0.129. The average Bonchev–Trinajstić information content (AvgIpc) is 2.41. The molecule has 0 saturated carbocycles. The Morgan fingerprint density at radius 2 is 1.58 bits per heavy atom. The predicted molar refractivity (Wildman–Crippen MR) is 72.2 cm³/mol. The maximum absolute atomic E-state index is 11.9. The van der Waals surface area contributed by atoms with Gasteiger partial charge in [0.2, 0.25) is 5.91 Å². The van der Waals surface area contributed by atoms with Crippen molar-refractivity contribution in [3.05, 3.63) is 24.3 Å². The van der Waals surface area contributed by atoms with Gasteiger partial charge in [-0.15, -0.1) is 0 Å². The molecule has 6 nitrogen and oxygen atoms in total. The number of urea groups is 1. The Kier molecular flexibility index (Phi) is 4.35. The number of carbonyl (C=O) groups is 2. The number of nitrogens with zero attached hydrogens (tertiary/aromatic N) is 1. The van der Waals surface area contributed by atoms with E-state index in [9.17, 15) is 9.59 Å². The summed E-state index contributed by atoms with van der Waals surface area (Å²) < 4.78 is 5.19. The summed E-state index contributed by atoms with van der Waals surface area (Å²) in [5.41, 5.74) is 1.41. The Bertz CT molecular complexity index is 453. The molecule has 1 aliphatic heterocycles. The molecule has 0 radical (unpaired) electrons. The third-order valence-corrected chi connectivity index (χ3v) is 2.75. The van der Waals surface area contributed by atoms with Gasteiger partial charge in [0, 0.05) is 31.4 Å². The van der Waals surface area contributed by atoms with Crippen LogP contribution < -0.4 is 10.6 Å². The zero-order chi connectivity index (χ0) is 13.7. The Labute approximate surface area is 111 Å². The van der Waals surface area contributed by atoms with Crippen LogP contribution in [0.5, 0.6) is 0 Å². The maximum Gasteiger partial charge on any atom is 0.321 e. The highest BCUT2D eigenvalue weighted by Gasteiger charge is 2.16. The molecule has 1 aromatic rings. The molecular weight excluding hydrogens is 246 g/mol. The number of benzene rings is 1. The average molecular weight is 263 g/mol. The predicted octanol–water partition coefficient (Wildman–Crippen LogP) is 1.51. The lowest BCUT2D eigenvalue weighted by Crippen LogP contribution is -2.43. The van der Waals surface area contributed by atoms with Crippen molar-refractivity contribution in [2.45, 2.75) is 6.92 Å². The topological polar surface area (TPSA) is 70.7 Å². The number of rotatable bonds is 2. The van der Waals surface area contributed by atoms with Crippen molar-refractivity contribution < 1.29 is 14.3 Å². The first-order valence-corrected chi connectivity index (χ1v) is 6.16. The van der Waals surface area contributed by atoms with Crippen molar-refractivity contribution in [3.8, 4) is 0 Å². The Morgan fingerprint density at radius 1 is 1.05 bits per heavy atom. The van der Waals surface area contributed by atoms with Crippen LogP contribution in [0.4, 0.5) is 16.2 Å². The van der Waals surface area contributed by atoms with E-state index in [1.165, 1.54) is 6.92 Å². The summed E-state index contributed by atoms with van der Waals surface area (Å²) >= 11 is 0. The molecule has 0 bridgehead atoms. The number of amides is 3. The van der Waals surface area contributed by atoms with Gasteiger partial charge in [0.1, 0.15) is 0 Å². The molecule has 1 aromatic carbocycles. The monoisotopic (exact) mass is 263 g/mol. The second-order valence-corrected chi connectivity index (χ2v) is 4.29. The molecule has 0 atom stereocenters. The van der Waals surface area contributed by atoms with Gasteiger partial charge in [0.25, 0.3) is 0 Å². The molecular formula is C13H17N3O3. The zero-order valence-electron chi connectivity index (χ0n) is 10.8. The fourth-order valence-electron chi connectivity index (χ4n) is 1.81. The molecule has 0 aliphatic carbocycles. The molecule has 6 heteroatoms. The minimum absolute atomic E-state index is 0.120. The highest BCUT2D eigenvalue weighted by Crippen LogP contribution is 2.14. The van der Waals surface area contributed by atoms with Gasteiger partial charge in [0.05, 0.1) is 13.2 Å². The molecule has 1 aliphatic rings. The molecule has 0 unspecified atom stereocenters. The van der Waals surface area contributed by atoms with Crippen LogP contribution in [0.1, 0.15) is 6.92 Å². The van der Waals surface area contributed by atoms with Crippen molar-refractivity contribution in [2.75, 3.05) is 36.9 Å². The highest BCUT2D eigenvalue weighted by molar-refractivity contribution is 5.91. The number of hydrogen-bond acceptors (Lipinski definition) is 3. The molecule has 3 amide bonds. The summed E-state index contributed by atoms with van der Waals surface area (Å²) in [7, 11) is 0. The molecule has 0 aromatic heterocycles. The largest absolute Gasteiger partial charge is 0.378 e. The van der Waals surface area contributed by atoms with Gasteiger partial charge in [-0.2, -0.15) is 0 Å². The minimum Gasteiger partial charge on any atom is -0.378 e. The quantitative estimate of drug-likeness (QED) is 0.849. The van der Waals surface area contributed by atoms with Crippen LogP contribution in [0.15, 0.2) is 24.3 Å². The summed E-state index contributed by atoms with van der Waals surface area (Å²) in [6, 6.07) is 6.87. The number of ether oxygens (including phenoxy) is 1. The van der Waals surface area contributed by atoms with E-state index in [1.54, 1.807) is 29.2 Å². The highest BCUT2D eigenvalue weighted by atomic mass is 16.5. The summed E-state index contributed by atoms with van der Waals surface area (Å²) in [6.07, 6.45) is 0. The van der Waals surface area contributed by atoms with Gasteiger partial charge in [-0.05, 0) is 24.3 Å². The van der Waals surface area contributed by atoms with Crippen LogP contribution in [-0.2, 0) is 9.53 Å². The van der Waals surface area contributed by atoms with Crippen LogP contribution in [-0.4, -0.2) is 43.1 Å². The van der Waals surface area contributed by atoms with E-state index in [0.717, 1.165) is 0 Å². The number of hydrogen-bond donors (Lipinski definition) is 2. The van der Waals surface area contributed by atoms with Gasteiger partial charge in [-0.25, -0.2) is 4.79 Å². The first kappa shape index (κ1) is 13.4. The van der Waals surface area contributed by atoms with Gasteiger partial charge >= 0.3 is 6.03 Å². The maximum atomic E-state index is 11.9. The summed E-state index contributed by atoms with van der Waals surface area (Å²) in [6.45, 7) is 3.82. The van der Waals surface area contributed by atoms with E-state index in [-0.39, 0.29) is 11.9 Å². The van der Waals surface area contributed by atoms with E-state index < -0.39 is 0 Å². The lowest BCUT2D eigenvalue weighted by Gasteiger charge is -2.26. The fraction of sp³-hybridized carbons (Fsp3) is 0.385. The van der Waals surface area contributed by atoms with Crippen molar-refractivity contribution in [2.24, 2.45) is 0 Å². The van der Waals surface area contributed by atoms with E-state index in [0.29, 0.717) is 37.7 Å². The number of carbonyl (C=O) groups excluding carboxylic acids is 2. The van der Waals surface area contributed by atoms with E-state index in [1.807, 2.05) is 0 Å². The van der Waals surface area contributed by atoms with E-state index >= 15 is 0 Å². The van der Waals surface area contributed by atoms with Crippen molar-refractivity contribution in [3.63, 3.8) is 0 Å². The third kappa shape index (κ3) is 3.96. The van der Waals surface area contributed by atoms with Gasteiger partial charge in [-0.3, -0.25) is 4.79 Å². The third-order valence-electron chi connectivity index (χ3n) is 2.75. The molecule has 1 heterocycles.